The van der Waals surface area contributed by atoms with E-state index in [1.165, 1.54) is 6.92 Å². The van der Waals surface area contributed by atoms with E-state index in [1.807, 2.05) is 29.2 Å². The van der Waals surface area contributed by atoms with Crippen LogP contribution in [0, 0.1) is 16.7 Å². The molecule has 0 aliphatic heterocycles. The zero-order valence-electron chi connectivity index (χ0n) is 18.9. The fourth-order valence-corrected chi connectivity index (χ4v) is 4.90. The Morgan fingerprint density at radius 1 is 0.967 bits per heavy atom. The van der Waals surface area contributed by atoms with E-state index in [0.717, 1.165) is 11.4 Å². The predicted octanol–water partition coefficient (Wildman–Crippen LogP) is 5.34. The van der Waals surface area contributed by atoms with Gasteiger partial charge in [-0.15, -0.1) is 0 Å². The monoisotopic (exact) mass is 409 g/mol. The zero-order chi connectivity index (χ0) is 22.3. The molecule has 1 aliphatic carbocycles. The fraction of sp³-hybridized carbons (Fsp3) is 0.440. The molecule has 0 bridgehead atoms. The smallest absolute Gasteiger partial charge is 0.308 e. The van der Waals surface area contributed by atoms with E-state index >= 15 is 0 Å². The molecular formula is C25H31NO4. The van der Waals surface area contributed by atoms with E-state index in [1.54, 1.807) is 31.4 Å². The minimum absolute atomic E-state index is 0.0544. The number of nitrogens with zero attached hydrogens (tertiary/aromatic N) is 1. The lowest BCUT2D eigenvalue weighted by atomic mass is 10.0. The van der Waals surface area contributed by atoms with Gasteiger partial charge in [-0.25, -0.2) is 0 Å². The Morgan fingerprint density at radius 3 is 2.03 bits per heavy atom. The van der Waals surface area contributed by atoms with Crippen molar-refractivity contribution < 1.29 is 19.1 Å². The summed E-state index contributed by atoms with van der Waals surface area (Å²) in [6.45, 7) is 12.4. The number of carbonyl (C=O) groups excluding carboxylic acids is 2. The molecule has 2 aromatic rings. The van der Waals surface area contributed by atoms with Gasteiger partial charge in [0.05, 0.1) is 12.7 Å². The van der Waals surface area contributed by atoms with Crippen LogP contribution in [-0.4, -0.2) is 25.0 Å². The van der Waals surface area contributed by atoms with E-state index in [2.05, 4.69) is 34.6 Å². The molecule has 0 unspecified atom stereocenters. The SMILES string of the molecule is COc1ccc(N(C(=O)c2ccccc2OC(C)=O)[C@H](C)C2C(C)(C)C2(C)C)cc1. The molecule has 0 N–H and O–H groups in total. The molecule has 160 valence electrons. The summed E-state index contributed by atoms with van der Waals surface area (Å²) < 4.78 is 10.6. The molecule has 0 radical (unpaired) electrons. The first kappa shape index (κ1) is 21.9. The number of amides is 1. The van der Waals surface area contributed by atoms with Crippen LogP contribution in [0.2, 0.25) is 0 Å². The molecule has 0 spiro atoms. The summed E-state index contributed by atoms with van der Waals surface area (Å²) in [5.74, 6) is 0.671. The molecule has 1 saturated carbocycles. The number of rotatable bonds is 6. The maximum Gasteiger partial charge on any atom is 0.308 e. The molecule has 2 aromatic carbocycles. The van der Waals surface area contributed by atoms with Gasteiger partial charge in [0.1, 0.15) is 11.5 Å². The van der Waals surface area contributed by atoms with Crippen molar-refractivity contribution >= 4 is 17.6 Å². The summed E-state index contributed by atoms with van der Waals surface area (Å²) in [5.41, 5.74) is 1.36. The van der Waals surface area contributed by atoms with Crippen molar-refractivity contribution in [2.45, 2.75) is 47.6 Å². The lowest BCUT2D eigenvalue weighted by Gasteiger charge is -2.31. The molecule has 1 fully saturated rings. The highest BCUT2D eigenvalue weighted by atomic mass is 16.5. The van der Waals surface area contributed by atoms with Crippen LogP contribution >= 0.6 is 0 Å². The Kier molecular flexibility index (Phi) is 5.68. The van der Waals surface area contributed by atoms with E-state index in [4.69, 9.17) is 9.47 Å². The molecule has 30 heavy (non-hydrogen) atoms. The number of methoxy groups -OCH3 is 1. The van der Waals surface area contributed by atoms with Gasteiger partial charge in [0.15, 0.2) is 0 Å². The van der Waals surface area contributed by atoms with Crippen LogP contribution in [-0.2, 0) is 4.79 Å². The summed E-state index contributed by atoms with van der Waals surface area (Å²) in [6, 6.07) is 14.3. The second-order valence-electron chi connectivity index (χ2n) is 9.12. The first-order chi connectivity index (χ1) is 14.0. The average molecular weight is 410 g/mol. The molecule has 0 heterocycles. The largest absolute Gasteiger partial charge is 0.497 e. The summed E-state index contributed by atoms with van der Waals surface area (Å²) in [6.07, 6.45) is 0. The van der Waals surface area contributed by atoms with Crippen molar-refractivity contribution in [2.24, 2.45) is 16.7 Å². The maximum atomic E-state index is 13.8. The molecule has 1 amide bonds. The van der Waals surface area contributed by atoms with Gasteiger partial charge in [0.25, 0.3) is 5.91 Å². The van der Waals surface area contributed by atoms with Gasteiger partial charge in [0.2, 0.25) is 0 Å². The first-order valence-corrected chi connectivity index (χ1v) is 10.3. The average Bonchev–Trinajstić information content (AvgIpc) is 3.10. The predicted molar refractivity (Wildman–Crippen MR) is 118 cm³/mol. The second kappa shape index (κ2) is 7.78. The van der Waals surface area contributed by atoms with Crippen LogP contribution < -0.4 is 14.4 Å². The molecule has 1 aliphatic rings. The maximum absolute atomic E-state index is 13.8. The minimum Gasteiger partial charge on any atom is -0.497 e. The van der Waals surface area contributed by atoms with Crippen LogP contribution in [0.4, 0.5) is 5.69 Å². The summed E-state index contributed by atoms with van der Waals surface area (Å²) >= 11 is 0. The molecule has 5 nitrogen and oxygen atoms in total. The quantitative estimate of drug-likeness (QED) is 0.477. The molecule has 1 atom stereocenters. The Labute approximate surface area is 179 Å². The standard InChI is InChI=1S/C25H31NO4/c1-16(22-24(3,4)25(22,5)6)26(18-12-14-19(29-7)15-13-18)23(28)20-10-8-9-11-21(20)30-17(2)27/h8-16,22H,1-7H3/t16-/m1/s1. The van der Waals surface area contributed by atoms with Gasteiger partial charge in [-0.2, -0.15) is 0 Å². The van der Waals surface area contributed by atoms with E-state index in [9.17, 15) is 9.59 Å². The number of hydrogen-bond donors (Lipinski definition) is 0. The van der Waals surface area contributed by atoms with Crippen LogP contribution in [0.3, 0.4) is 0 Å². The van der Waals surface area contributed by atoms with E-state index in [-0.39, 0.29) is 28.5 Å². The van der Waals surface area contributed by atoms with Gasteiger partial charge in [-0.05, 0) is 60.1 Å². The third kappa shape index (κ3) is 3.69. The summed E-state index contributed by atoms with van der Waals surface area (Å²) in [4.78, 5) is 27.2. The second-order valence-corrected chi connectivity index (χ2v) is 9.12. The van der Waals surface area contributed by atoms with E-state index in [0.29, 0.717) is 11.5 Å². The van der Waals surface area contributed by atoms with Crippen LogP contribution in [0.15, 0.2) is 48.5 Å². The Morgan fingerprint density at radius 2 is 1.53 bits per heavy atom. The Balaban J connectivity index is 2.06. The first-order valence-electron chi connectivity index (χ1n) is 10.3. The lowest BCUT2D eigenvalue weighted by molar-refractivity contribution is -0.131. The van der Waals surface area contributed by atoms with Crippen LogP contribution in [0.5, 0.6) is 11.5 Å². The van der Waals surface area contributed by atoms with Gasteiger partial charge in [0, 0.05) is 18.7 Å². The van der Waals surface area contributed by atoms with Gasteiger partial charge >= 0.3 is 5.97 Å². The van der Waals surface area contributed by atoms with E-state index < -0.39 is 5.97 Å². The molecule has 0 aromatic heterocycles. The number of esters is 1. The van der Waals surface area contributed by atoms with Crippen molar-refractivity contribution in [3.63, 3.8) is 0 Å². The zero-order valence-corrected chi connectivity index (χ0v) is 18.9. The minimum atomic E-state index is -0.455. The van der Waals surface area contributed by atoms with Crippen LogP contribution in [0.25, 0.3) is 0 Å². The Hall–Kier alpha value is -2.82. The van der Waals surface area contributed by atoms with Gasteiger partial charge < -0.3 is 14.4 Å². The van der Waals surface area contributed by atoms with Crippen molar-refractivity contribution in [2.75, 3.05) is 12.0 Å². The fourth-order valence-electron chi connectivity index (χ4n) is 4.90. The number of ether oxygens (including phenoxy) is 2. The number of benzene rings is 2. The molecule has 3 rings (SSSR count). The highest BCUT2D eigenvalue weighted by molar-refractivity contribution is 6.08. The van der Waals surface area contributed by atoms with Crippen molar-refractivity contribution in [3.8, 4) is 11.5 Å². The van der Waals surface area contributed by atoms with Gasteiger partial charge in [-0.3, -0.25) is 9.59 Å². The molecule has 0 saturated heterocycles. The Bertz CT molecular complexity index is 932. The van der Waals surface area contributed by atoms with Crippen molar-refractivity contribution in [1.82, 2.24) is 0 Å². The van der Waals surface area contributed by atoms with Gasteiger partial charge in [-0.1, -0.05) is 39.8 Å². The highest BCUT2D eigenvalue weighted by Gasteiger charge is 2.67. The molecule has 5 heteroatoms. The molecular weight excluding hydrogens is 378 g/mol. The number of hydrogen-bond acceptors (Lipinski definition) is 4. The number of carbonyl (C=O) groups is 2. The third-order valence-electron chi connectivity index (χ3n) is 6.96. The van der Waals surface area contributed by atoms with Crippen molar-refractivity contribution in [3.05, 3.63) is 54.1 Å². The lowest BCUT2D eigenvalue weighted by Crippen LogP contribution is -2.41. The highest BCUT2D eigenvalue weighted by Crippen LogP contribution is 2.70. The summed E-state index contributed by atoms with van der Waals surface area (Å²) in [5, 5.41) is 0. The van der Waals surface area contributed by atoms with Crippen LogP contribution in [0.1, 0.15) is 51.9 Å². The topological polar surface area (TPSA) is 55.8 Å². The summed E-state index contributed by atoms with van der Waals surface area (Å²) in [7, 11) is 1.62. The number of anilines is 1. The third-order valence-corrected chi connectivity index (χ3v) is 6.96. The van der Waals surface area contributed by atoms with Crippen molar-refractivity contribution in [1.29, 1.82) is 0 Å². The number of para-hydroxylation sites is 1. The normalized spacial score (nSPS) is 17.7.